The van der Waals surface area contributed by atoms with Gasteiger partial charge in [-0.1, -0.05) is 138 Å². The Morgan fingerprint density at radius 3 is 2.20 bits per heavy atom. The first-order valence-corrected chi connectivity index (χ1v) is 20.0. The second kappa shape index (κ2) is 16.8. The van der Waals surface area contributed by atoms with E-state index in [2.05, 4.69) is 46.8 Å². The first kappa shape index (κ1) is 32.2. The van der Waals surface area contributed by atoms with Crippen LogP contribution in [0.25, 0.3) is 72.7 Å². The van der Waals surface area contributed by atoms with Gasteiger partial charge in [-0.3, -0.25) is 9.55 Å². The van der Waals surface area contributed by atoms with Crippen LogP contribution in [0.15, 0.2) is 127 Å². The summed E-state index contributed by atoms with van der Waals surface area (Å²) in [5.74, 6) is -0.352. The van der Waals surface area contributed by atoms with Crippen LogP contribution in [0, 0.1) is 26.8 Å². The third-order valence-electron chi connectivity index (χ3n) is 11.0. The second-order valence-electron chi connectivity index (χ2n) is 17.0. The minimum absolute atomic E-state index is 0. The summed E-state index contributed by atoms with van der Waals surface area (Å²) in [5, 5.41) is 11.8. The Morgan fingerprint density at radius 1 is 0.750 bits per heavy atom. The number of aryl methyl sites for hydroxylation is 3. The van der Waals surface area contributed by atoms with E-state index in [1.165, 1.54) is 0 Å². The van der Waals surface area contributed by atoms with Gasteiger partial charge >= 0.3 is 0 Å². The first-order valence-electron chi connectivity index (χ1n) is 24.5. The molecule has 4 nitrogen and oxygen atoms in total. The molecule has 2 heterocycles. The van der Waals surface area contributed by atoms with Crippen LogP contribution in [0.5, 0.6) is 5.75 Å². The SMILES string of the molecule is [2H]c1c([2H])c([2H])c(-c2ccnc(-c3[c-]c(-c4cccc5c4nc(-c4cc(C)cc(C)c4O)n5-c4ccc(-c5cc(C(C)C)cc(C([2H])(C)C)c5)cc4C([2H])([2H])[2H])cc(C(C)(C)C)c3)c2)c([2H])c1[2H].[Pt]. The van der Waals surface area contributed by atoms with E-state index >= 15 is 0 Å². The molecule has 6 aromatic carbocycles. The maximum absolute atomic E-state index is 11.8. The molecule has 1 N–H and O–H groups in total. The van der Waals surface area contributed by atoms with E-state index in [0.717, 1.165) is 27.8 Å². The van der Waals surface area contributed by atoms with E-state index in [9.17, 15) is 5.11 Å². The average molecular weight is 977 g/mol. The van der Waals surface area contributed by atoms with Crippen molar-refractivity contribution in [2.45, 2.75) is 86.4 Å². The molecule has 0 saturated heterocycles. The van der Waals surface area contributed by atoms with E-state index in [1.54, 1.807) is 30.5 Å². The molecule has 2 aromatic heterocycles. The van der Waals surface area contributed by atoms with E-state index in [0.29, 0.717) is 67.2 Å². The molecule has 0 saturated carbocycles. The molecule has 0 aliphatic heterocycles. The molecule has 0 aliphatic rings. The zero-order valence-electron chi connectivity index (χ0n) is 44.4. The fourth-order valence-electron chi connectivity index (χ4n) is 7.64. The Kier molecular flexibility index (Phi) is 9.04. The summed E-state index contributed by atoms with van der Waals surface area (Å²) >= 11 is 0. The zero-order valence-corrected chi connectivity index (χ0v) is 37.7. The summed E-state index contributed by atoms with van der Waals surface area (Å²) in [6.45, 7) is 15.3. The third kappa shape index (κ3) is 8.28. The van der Waals surface area contributed by atoms with Gasteiger partial charge in [0, 0.05) is 38.4 Å². The van der Waals surface area contributed by atoms with Gasteiger partial charge in [-0.15, -0.1) is 29.3 Å². The number of aromatic hydroxyl groups is 1. The van der Waals surface area contributed by atoms with Crippen molar-refractivity contribution in [2.75, 3.05) is 0 Å². The first-order chi connectivity index (χ1) is 31.7. The molecule has 0 unspecified atom stereocenters. The van der Waals surface area contributed by atoms with Crippen LogP contribution in [0.2, 0.25) is 0 Å². The fraction of sp³-hybridized carbons (Fsp3) is 0.236. The summed E-state index contributed by atoms with van der Waals surface area (Å²) in [6.07, 6.45) is 1.55. The van der Waals surface area contributed by atoms with Crippen molar-refractivity contribution >= 4 is 11.0 Å². The van der Waals surface area contributed by atoms with Crippen molar-refractivity contribution in [1.29, 1.82) is 0 Å². The number of fused-ring (bicyclic) bond motifs is 1. The van der Waals surface area contributed by atoms with Gasteiger partial charge in [0.2, 0.25) is 0 Å². The van der Waals surface area contributed by atoms with Crippen LogP contribution < -0.4 is 0 Å². The number of rotatable bonds is 8. The van der Waals surface area contributed by atoms with Gasteiger partial charge in [-0.25, -0.2) is 4.98 Å². The monoisotopic (exact) mass is 976 g/mol. The van der Waals surface area contributed by atoms with Crippen LogP contribution in [0.4, 0.5) is 0 Å². The Bertz CT molecular complexity index is 3300. The second-order valence-corrected chi connectivity index (χ2v) is 17.0. The number of pyridine rings is 1. The minimum atomic E-state index is -2.59. The maximum Gasteiger partial charge on any atom is 0.148 e. The third-order valence-corrected chi connectivity index (χ3v) is 11.0. The van der Waals surface area contributed by atoms with Crippen LogP contribution >= 0.6 is 0 Å². The minimum Gasteiger partial charge on any atom is -0.507 e. The van der Waals surface area contributed by atoms with Crippen LogP contribution in [0.3, 0.4) is 0 Å². The van der Waals surface area contributed by atoms with Crippen molar-refractivity contribution < 1.29 is 38.5 Å². The summed E-state index contributed by atoms with van der Waals surface area (Å²) in [7, 11) is 0. The molecule has 0 spiro atoms. The van der Waals surface area contributed by atoms with Crippen molar-refractivity contribution in [1.82, 2.24) is 14.5 Å². The fourth-order valence-corrected chi connectivity index (χ4v) is 7.64. The average Bonchev–Trinajstić information content (AvgIpc) is 3.67. The number of hydrogen-bond donors (Lipinski definition) is 1. The van der Waals surface area contributed by atoms with Crippen molar-refractivity contribution in [2.24, 2.45) is 0 Å². The maximum atomic E-state index is 11.8. The molecule has 0 fully saturated rings. The molecule has 0 bridgehead atoms. The van der Waals surface area contributed by atoms with Gasteiger partial charge in [0.25, 0.3) is 0 Å². The number of phenols is 1. The number of hydrogen-bond acceptors (Lipinski definition) is 3. The normalized spacial score (nSPS) is 14.3. The summed E-state index contributed by atoms with van der Waals surface area (Å²) < 4.78 is 79.6. The van der Waals surface area contributed by atoms with Crippen molar-refractivity contribution in [3.05, 3.63) is 167 Å². The standard InChI is InChI=1S/C55H54N3O.Pt/c1-33(2)41-26-42(34(3)4)28-43(27-41)39-19-20-50(36(6)25-39)58-51-18-14-17-47(52(51)57-54(58)48-24-35(5)23-37(7)53(48)59)44-29-45(31-46(30-44)55(8,9)10)49-32-40(21-22-56-49)38-15-12-11-13-16-38;/h11-28,30-34,59H,1-10H3;/q-1;/i6D3,11D,12D,13D,15D,16D,33D;. The van der Waals surface area contributed by atoms with Gasteiger partial charge in [0.15, 0.2) is 0 Å². The number of phenolic OH excluding ortho intramolecular Hbond substituents is 1. The molecule has 0 atom stereocenters. The van der Waals surface area contributed by atoms with Crippen LogP contribution in [0.1, 0.15) is 106 Å². The molecule has 8 aromatic rings. The Hall–Kier alpha value is -5.57. The van der Waals surface area contributed by atoms with Gasteiger partial charge < -0.3 is 5.11 Å². The van der Waals surface area contributed by atoms with E-state index in [-0.39, 0.29) is 61.4 Å². The summed E-state index contributed by atoms with van der Waals surface area (Å²) in [5.41, 5.74) is 10.4. The Morgan fingerprint density at radius 2 is 1.48 bits per heavy atom. The van der Waals surface area contributed by atoms with E-state index in [1.807, 2.05) is 92.9 Å². The number of nitrogens with zero attached hydrogens (tertiary/aromatic N) is 3. The smallest absolute Gasteiger partial charge is 0.148 e. The molecular weight excluding hydrogens is 914 g/mol. The molecule has 5 heteroatoms. The van der Waals surface area contributed by atoms with Crippen molar-refractivity contribution in [3.63, 3.8) is 0 Å². The molecule has 8 rings (SSSR count). The van der Waals surface area contributed by atoms with Crippen LogP contribution in [-0.2, 0) is 26.5 Å². The number of imidazole rings is 1. The molecule has 60 heavy (non-hydrogen) atoms. The zero-order chi connectivity index (χ0) is 49.5. The summed E-state index contributed by atoms with van der Waals surface area (Å²) in [6, 6.07) is 30.0. The number of para-hydroxylation sites is 1. The van der Waals surface area contributed by atoms with Gasteiger partial charge in [-0.2, -0.15) is 0 Å². The largest absolute Gasteiger partial charge is 0.507 e. The molecule has 0 amide bonds. The predicted octanol–water partition coefficient (Wildman–Crippen LogP) is 14.7. The molecule has 306 valence electrons. The van der Waals surface area contributed by atoms with Gasteiger partial charge in [0.05, 0.1) is 29.1 Å². The molecular formula is C55H54N3OPt-. The van der Waals surface area contributed by atoms with E-state index < -0.39 is 30.9 Å². The van der Waals surface area contributed by atoms with E-state index in [4.69, 9.17) is 22.3 Å². The number of aromatic nitrogens is 3. The Labute approximate surface area is 383 Å². The number of benzene rings is 6. The topological polar surface area (TPSA) is 50.9 Å². The van der Waals surface area contributed by atoms with Crippen LogP contribution in [-0.4, -0.2) is 19.6 Å². The van der Waals surface area contributed by atoms with Gasteiger partial charge in [-0.05, 0) is 118 Å². The van der Waals surface area contributed by atoms with Crippen molar-refractivity contribution in [3.8, 4) is 67.5 Å². The quantitative estimate of drug-likeness (QED) is 0.154. The molecule has 0 aliphatic carbocycles. The molecule has 0 radical (unpaired) electrons. The predicted molar refractivity (Wildman–Crippen MR) is 248 cm³/mol. The Balaban J connectivity index is 0.00000703. The van der Waals surface area contributed by atoms with Gasteiger partial charge in [0.1, 0.15) is 11.6 Å². The summed E-state index contributed by atoms with van der Waals surface area (Å²) in [4.78, 5) is 10.0.